The van der Waals surface area contributed by atoms with E-state index in [2.05, 4.69) is 14.7 Å². The van der Waals surface area contributed by atoms with Gasteiger partial charge in [-0.05, 0) is 24.7 Å². The van der Waals surface area contributed by atoms with Crippen LogP contribution in [0.15, 0.2) is 23.0 Å². The van der Waals surface area contributed by atoms with E-state index in [1.807, 2.05) is 4.90 Å². The zero-order chi connectivity index (χ0) is 23.4. The van der Waals surface area contributed by atoms with Crippen molar-refractivity contribution < 1.29 is 28.2 Å². The SMILES string of the molecule is COC(=O)Cc1c(C(=O)OC)sc2nc(CN(C)Cc3ccc(OC)c(F)c3)[nH]c(=O)c12. The van der Waals surface area contributed by atoms with Gasteiger partial charge in [0, 0.05) is 12.1 Å². The number of nitrogens with zero attached hydrogens (tertiary/aromatic N) is 2. The number of rotatable bonds is 8. The smallest absolute Gasteiger partial charge is 0.348 e. The van der Waals surface area contributed by atoms with Gasteiger partial charge in [-0.25, -0.2) is 14.2 Å². The highest BCUT2D eigenvalue weighted by Gasteiger charge is 2.25. The minimum atomic E-state index is -0.661. The Labute approximate surface area is 186 Å². The predicted molar refractivity (Wildman–Crippen MR) is 115 cm³/mol. The summed E-state index contributed by atoms with van der Waals surface area (Å²) in [5.74, 6) is -1.19. The van der Waals surface area contributed by atoms with Crippen LogP contribution in [0.3, 0.4) is 0 Å². The van der Waals surface area contributed by atoms with Crippen LogP contribution >= 0.6 is 11.3 Å². The normalized spacial score (nSPS) is 11.1. The molecule has 0 amide bonds. The molecule has 11 heteroatoms. The molecule has 0 saturated heterocycles. The Balaban J connectivity index is 1.90. The lowest BCUT2D eigenvalue weighted by Crippen LogP contribution is -2.22. The van der Waals surface area contributed by atoms with Crippen LogP contribution in [0, 0.1) is 5.82 Å². The van der Waals surface area contributed by atoms with Crippen molar-refractivity contribution in [1.82, 2.24) is 14.9 Å². The van der Waals surface area contributed by atoms with Gasteiger partial charge in [-0.3, -0.25) is 14.5 Å². The second-order valence-corrected chi connectivity index (χ2v) is 7.99. The molecule has 3 aromatic rings. The number of carbonyl (C=O) groups is 2. The Morgan fingerprint density at radius 2 is 1.94 bits per heavy atom. The zero-order valence-electron chi connectivity index (χ0n) is 18.0. The van der Waals surface area contributed by atoms with Gasteiger partial charge >= 0.3 is 11.9 Å². The molecule has 0 atom stereocenters. The van der Waals surface area contributed by atoms with Gasteiger partial charge in [0.05, 0.1) is 39.7 Å². The topological polar surface area (TPSA) is 111 Å². The summed E-state index contributed by atoms with van der Waals surface area (Å²) in [6, 6.07) is 4.68. The number of ether oxygens (including phenoxy) is 3. The van der Waals surface area contributed by atoms with Crippen LogP contribution in [0.5, 0.6) is 5.75 Å². The summed E-state index contributed by atoms with van der Waals surface area (Å²) in [6.45, 7) is 0.657. The molecule has 0 fully saturated rings. The fourth-order valence-corrected chi connectivity index (χ4v) is 4.39. The van der Waals surface area contributed by atoms with Crippen molar-refractivity contribution in [2.45, 2.75) is 19.5 Å². The summed E-state index contributed by atoms with van der Waals surface area (Å²) in [4.78, 5) is 46.2. The molecule has 0 spiro atoms. The fourth-order valence-electron chi connectivity index (χ4n) is 3.26. The third-order valence-electron chi connectivity index (χ3n) is 4.72. The molecule has 9 nitrogen and oxygen atoms in total. The molecule has 0 saturated carbocycles. The molecule has 0 radical (unpaired) electrons. The molecular weight excluding hydrogens is 441 g/mol. The third kappa shape index (κ3) is 4.94. The Kier molecular flexibility index (Phi) is 7.21. The van der Waals surface area contributed by atoms with Gasteiger partial charge in [0.25, 0.3) is 5.56 Å². The van der Waals surface area contributed by atoms with E-state index in [0.29, 0.717) is 17.2 Å². The van der Waals surface area contributed by atoms with Gasteiger partial charge in [-0.1, -0.05) is 6.07 Å². The van der Waals surface area contributed by atoms with Gasteiger partial charge in [0.2, 0.25) is 0 Å². The van der Waals surface area contributed by atoms with Crippen LogP contribution in [0.4, 0.5) is 4.39 Å². The number of halogens is 1. The lowest BCUT2D eigenvalue weighted by Gasteiger charge is -2.16. The molecule has 0 bridgehead atoms. The van der Waals surface area contributed by atoms with Crippen LogP contribution < -0.4 is 10.3 Å². The summed E-state index contributed by atoms with van der Waals surface area (Å²) in [5, 5.41) is 0.157. The first-order chi connectivity index (χ1) is 15.3. The number of hydrogen-bond acceptors (Lipinski definition) is 9. The van der Waals surface area contributed by atoms with Crippen LogP contribution in [-0.2, 0) is 33.8 Å². The number of benzene rings is 1. The van der Waals surface area contributed by atoms with E-state index in [-0.39, 0.29) is 34.5 Å². The van der Waals surface area contributed by atoms with Crippen molar-refractivity contribution in [3.05, 3.63) is 56.2 Å². The fraction of sp³-hybridized carbons (Fsp3) is 0.333. The maximum Gasteiger partial charge on any atom is 0.348 e. The number of fused-ring (bicyclic) bond motifs is 1. The molecular formula is C21H22FN3O6S. The highest BCUT2D eigenvalue weighted by molar-refractivity contribution is 7.20. The zero-order valence-corrected chi connectivity index (χ0v) is 18.8. The maximum absolute atomic E-state index is 13.9. The molecule has 0 aliphatic carbocycles. The average Bonchev–Trinajstić information content (AvgIpc) is 3.11. The summed E-state index contributed by atoms with van der Waals surface area (Å²) >= 11 is 0.979. The maximum atomic E-state index is 13.9. The molecule has 0 aliphatic heterocycles. The third-order valence-corrected chi connectivity index (χ3v) is 5.82. The van der Waals surface area contributed by atoms with Crippen LogP contribution in [0.25, 0.3) is 10.2 Å². The average molecular weight is 463 g/mol. The molecule has 2 heterocycles. The van der Waals surface area contributed by atoms with Crippen LogP contribution in [0.1, 0.15) is 26.6 Å². The minimum Gasteiger partial charge on any atom is -0.494 e. The number of thiophene rings is 1. The Hall–Kier alpha value is -3.31. The van der Waals surface area contributed by atoms with Gasteiger partial charge in [-0.15, -0.1) is 11.3 Å². The number of methoxy groups -OCH3 is 3. The van der Waals surface area contributed by atoms with Crippen molar-refractivity contribution in [1.29, 1.82) is 0 Å². The van der Waals surface area contributed by atoms with Crippen molar-refractivity contribution in [2.24, 2.45) is 0 Å². The first-order valence-corrected chi connectivity index (χ1v) is 10.3. The van der Waals surface area contributed by atoms with E-state index in [4.69, 9.17) is 9.47 Å². The number of nitrogens with one attached hydrogen (secondary N) is 1. The highest BCUT2D eigenvalue weighted by atomic mass is 32.1. The van der Waals surface area contributed by atoms with Gasteiger partial charge in [0.1, 0.15) is 15.5 Å². The Bertz CT molecular complexity index is 1220. The van der Waals surface area contributed by atoms with E-state index >= 15 is 0 Å². The number of aromatic nitrogens is 2. The predicted octanol–water partition coefficient (Wildman–Crippen LogP) is 2.27. The first-order valence-electron chi connectivity index (χ1n) is 9.48. The standard InChI is InChI=1S/C21H22FN3O6S/c1-25(9-11-5-6-14(29-2)13(22)7-11)10-15-23-19(27)17-12(8-16(26)30-3)18(21(28)31-4)32-20(17)24-15/h5-7H,8-10H2,1-4H3,(H,23,24,27). The second kappa shape index (κ2) is 9.88. The second-order valence-electron chi connectivity index (χ2n) is 6.99. The van der Waals surface area contributed by atoms with Gasteiger partial charge < -0.3 is 19.2 Å². The van der Waals surface area contributed by atoms with E-state index < -0.39 is 23.3 Å². The quantitative estimate of drug-likeness (QED) is 0.507. The number of aromatic amines is 1. The largest absolute Gasteiger partial charge is 0.494 e. The number of hydrogen-bond donors (Lipinski definition) is 1. The van der Waals surface area contributed by atoms with Crippen molar-refractivity contribution in [2.75, 3.05) is 28.4 Å². The molecule has 1 aromatic carbocycles. The summed E-state index contributed by atoms with van der Waals surface area (Å²) in [6.07, 6.45) is -0.256. The lowest BCUT2D eigenvalue weighted by molar-refractivity contribution is -0.139. The Morgan fingerprint density at radius 1 is 1.19 bits per heavy atom. The number of H-pyrrole nitrogens is 1. The lowest BCUT2D eigenvalue weighted by atomic mass is 10.1. The van der Waals surface area contributed by atoms with Crippen molar-refractivity contribution in [3.8, 4) is 5.75 Å². The molecule has 0 unspecified atom stereocenters. The van der Waals surface area contributed by atoms with E-state index in [1.165, 1.54) is 27.4 Å². The van der Waals surface area contributed by atoms with Crippen molar-refractivity contribution in [3.63, 3.8) is 0 Å². The van der Waals surface area contributed by atoms with E-state index in [1.54, 1.807) is 19.2 Å². The summed E-state index contributed by atoms with van der Waals surface area (Å²) in [5.41, 5.74) is 0.476. The monoisotopic (exact) mass is 463 g/mol. The molecule has 3 rings (SSSR count). The van der Waals surface area contributed by atoms with E-state index in [9.17, 15) is 18.8 Å². The van der Waals surface area contributed by atoms with E-state index in [0.717, 1.165) is 16.9 Å². The Morgan fingerprint density at radius 3 is 2.56 bits per heavy atom. The first kappa shape index (κ1) is 23.4. The van der Waals surface area contributed by atoms with Crippen LogP contribution in [0.2, 0.25) is 0 Å². The number of carbonyl (C=O) groups excluding carboxylic acids is 2. The molecule has 0 aliphatic rings. The molecule has 32 heavy (non-hydrogen) atoms. The minimum absolute atomic E-state index is 0.130. The molecule has 2 aromatic heterocycles. The highest BCUT2D eigenvalue weighted by Crippen LogP contribution is 2.29. The molecule has 1 N–H and O–H groups in total. The van der Waals surface area contributed by atoms with Gasteiger partial charge in [0.15, 0.2) is 11.6 Å². The van der Waals surface area contributed by atoms with Gasteiger partial charge in [-0.2, -0.15) is 0 Å². The summed E-state index contributed by atoms with van der Waals surface area (Å²) in [7, 11) is 5.63. The number of esters is 2. The van der Waals surface area contributed by atoms with Crippen molar-refractivity contribution >= 4 is 33.5 Å². The summed E-state index contributed by atoms with van der Waals surface area (Å²) < 4.78 is 28.3. The molecule has 170 valence electrons. The van der Waals surface area contributed by atoms with Crippen LogP contribution in [-0.4, -0.2) is 55.2 Å².